The lowest BCUT2D eigenvalue weighted by Gasteiger charge is -2.36. The lowest BCUT2D eigenvalue weighted by molar-refractivity contribution is -0.137. The summed E-state index contributed by atoms with van der Waals surface area (Å²) >= 11 is 1.63. The van der Waals surface area contributed by atoms with Crippen molar-refractivity contribution < 1.29 is 22.7 Å². The van der Waals surface area contributed by atoms with Crippen LogP contribution >= 0.6 is 11.3 Å². The van der Waals surface area contributed by atoms with Gasteiger partial charge in [0, 0.05) is 54.8 Å². The minimum absolute atomic E-state index is 0.108. The number of piperazine rings is 1. The van der Waals surface area contributed by atoms with Crippen molar-refractivity contribution in [1.82, 2.24) is 19.8 Å². The highest BCUT2D eigenvalue weighted by Gasteiger charge is 2.45. The molecule has 2 fully saturated rings. The van der Waals surface area contributed by atoms with Gasteiger partial charge in [-0.05, 0) is 42.8 Å². The Morgan fingerprint density at radius 2 is 1.95 bits per heavy atom. The van der Waals surface area contributed by atoms with Crippen molar-refractivity contribution >= 4 is 23.1 Å². The van der Waals surface area contributed by atoms with Crippen LogP contribution in [0.1, 0.15) is 22.6 Å². The van der Waals surface area contributed by atoms with E-state index in [0.717, 1.165) is 52.0 Å². The van der Waals surface area contributed by atoms with Gasteiger partial charge in [0.1, 0.15) is 16.6 Å². The molecule has 2 saturated heterocycles. The Kier molecular flexibility index (Phi) is 6.07. The molecule has 11 heteroatoms. The number of aromatic nitrogens is 2. The number of halogens is 3. The number of ether oxygens (including phenoxy) is 1. The van der Waals surface area contributed by atoms with E-state index in [0.29, 0.717) is 38.5 Å². The summed E-state index contributed by atoms with van der Waals surface area (Å²) in [7, 11) is 1.64. The molecule has 1 amide bonds. The van der Waals surface area contributed by atoms with Crippen LogP contribution in [0.2, 0.25) is 0 Å². The Morgan fingerprint density at radius 3 is 2.59 bits per heavy atom. The maximum Gasteiger partial charge on any atom is 0.417 e. The quantitative estimate of drug-likeness (QED) is 0.497. The lowest BCUT2D eigenvalue weighted by Crippen LogP contribution is -2.50. The van der Waals surface area contributed by atoms with Crippen molar-refractivity contribution in [2.75, 3.05) is 38.2 Å². The number of thiazole rings is 1. The molecule has 37 heavy (non-hydrogen) atoms. The number of likely N-dealkylation sites (tertiary alicyclic amines) is 1. The minimum Gasteiger partial charge on any atom is -0.497 e. The first-order valence-corrected chi connectivity index (χ1v) is 13.0. The van der Waals surface area contributed by atoms with E-state index < -0.39 is 11.7 Å². The van der Waals surface area contributed by atoms with Crippen molar-refractivity contribution in [3.63, 3.8) is 0 Å². The first-order chi connectivity index (χ1) is 17.8. The molecule has 2 bridgehead atoms. The van der Waals surface area contributed by atoms with Gasteiger partial charge in [-0.25, -0.2) is 9.97 Å². The zero-order chi connectivity index (χ0) is 25.7. The average Bonchev–Trinajstić information content (AvgIpc) is 3.62. The van der Waals surface area contributed by atoms with E-state index >= 15 is 0 Å². The molecule has 5 heterocycles. The standard InChI is InChI=1S/C26H26F3N5O2S/c1-36-20-5-2-16(3-6-20)25-31-21-8-9-32(14-22(21)37-25)24(35)15-33-12-19-10-18(33)13-34(19)23-7-4-17(11-30-23)26(27,28)29/h2-7,11,18-19H,8-10,12-15H2,1H3. The van der Waals surface area contributed by atoms with Crippen LogP contribution in [0.25, 0.3) is 10.6 Å². The number of benzene rings is 1. The molecule has 2 aromatic heterocycles. The normalized spacial score (nSPS) is 21.4. The highest BCUT2D eigenvalue weighted by atomic mass is 32.1. The summed E-state index contributed by atoms with van der Waals surface area (Å²) in [5.41, 5.74) is 1.37. The summed E-state index contributed by atoms with van der Waals surface area (Å²) in [6.45, 7) is 2.96. The fraction of sp³-hybridized carbons (Fsp3) is 0.423. The molecule has 6 rings (SSSR count). The second kappa shape index (κ2) is 9.29. The zero-order valence-corrected chi connectivity index (χ0v) is 21.1. The maximum absolute atomic E-state index is 13.2. The molecule has 2 atom stereocenters. The third-order valence-corrected chi connectivity index (χ3v) is 8.61. The van der Waals surface area contributed by atoms with Gasteiger partial charge in [0.2, 0.25) is 5.91 Å². The van der Waals surface area contributed by atoms with Crippen molar-refractivity contribution in [3.8, 4) is 16.3 Å². The molecule has 1 aromatic carbocycles. The highest BCUT2D eigenvalue weighted by molar-refractivity contribution is 7.15. The highest BCUT2D eigenvalue weighted by Crippen LogP contribution is 2.36. The summed E-state index contributed by atoms with van der Waals surface area (Å²) in [6.07, 6.45) is -1.86. The molecular formula is C26H26F3N5O2S. The molecule has 2 unspecified atom stereocenters. The number of rotatable bonds is 5. The van der Waals surface area contributed by atoms with Gasteiger partial charge in [0.25, 0.3) is 0 Å². The molecular weight excluding hydrogens is 503 g/mol. The minimum atomic E-state index is -4.39. The summed E-state index contributed by atoms with van der Waals surface area (Å²) in [5.74, 6) is 1.47. The number of nitrogens with zero attached hydrogens (tertiary/aromatic N) is 5. The molecule has 0 aliphatic carbocycles. The van der Waals surface area contributed by atoms with Gasteiger partial charge in [0.05, 0.1) is 31.5 Å². The topological polar surface area (TPSA) is 61.8 Å². The first kappa shape index (κ1) is 24.2. The third kappa shape index (κ3) is 4.66. The summed E-state index contributed by atoms with van der Waals surface area (Å²) in [5, 5.41) is 0.954. The van der Waals surface area contributed by atoms with Crippen LogP contribution in [0, 0.1) is 0 Å². The second-order valence-corrected chi connectivity index (χ2v) is 10.8. The van der Waals surface area contributed by atoms with Crippen LogP contribution in [0.5, 0.6) is 5.75 Å². The number of alkyl halides is 3. The van der Waals surface area contributed by atoms with E-state index in [1.165, 1.54) is 6.07 Å². The van der Waals surface area contributed by atoms with E-state index in [-0.39, 0.29) is 18.0 Å². The largest absolute Gasteiger partial charge is 0.497 e. The second-order valence-electron chi connectivity index (χ2n) is 9.71. The number of fused-ring (bicyclic) bond motifs is 3. The Morgan fingerprint density at radius 1 is 1.14 bits per heavy atom. The van der Waals surface area contributed by atoms with Crippen LogP contribution in [0.3, 0.4) is 0 Å². The molecule has 3 aromatic rings. The van der Waals surface area contributed by atoms with Gasteiger partial charge in [-0.3, -0.25) is 9.69 Å². The van der Waals surface area contributed by atoms with Crippen molar-refractivity contribution in [1.29, 1.82) is 0 Å². The predicted octanol–water partition coefficient (Wildman–Crippen LogP) is 4.08. The smallest absolute Gasteiger partial charge is 0.417 e. The molecule has 7 nitrogen and oxygen atoms in total. The van der Waals surface area contributed by atoms with Gasteiger partial charge in [-0.1, -0.05) is 0 Å². The lowest BCUT2D eigenvalue weighted by atomic mass is 10.1. The summed E-state index contributed by atoms with van der Waals surface area (Å²) in [6, 6.07) is 10.7. The Balaban J connectivity index is 1.06. The Labute approximate surface area is 216 Å². The monoisotopic (exact) mass is 529 g/mol. The molecule has 0 N–H and O–H groups in total. The fourth-order valence-corrected chi connectivity index (χ4v) is 6.62. The fourth-order valence-electron chi connectivity index (χ4n) is 5.49. The van der Waals surface area contributed by atoms with Crippen LogP contribution < -0.4 is 9.64 Å². The predicted molar refractivity (Wildman–Crippen MR) is 134 cm³/mol. The molecule has 3 aliphatic rings. The number of carbonyl (C=O) groups excluding carboxylic acids is 1. The van der Waals surface area contributed by atoms with Crippen molar-refractivity contribution in [3.05, 3.63) is 58.7 Å². The number of hydrogen-bond donors (Lipinski definition) is 0. The number of methoxy groups -OCH3 is 1. The van der Waals surface area contributed by atoms with Gasteiger partial charge in [-0.15, -0.1) is 11.3 Å². The first-order valence-electron chi connectivity index (χ1n) is 12.2. The number of hydrogen-bond acceptors (Lipinski definition) is 7. The number of anilines is 1. The molecule has 0 spiro atoms. The zero-order valence-electron chi connectivity index (χ0n) is 20.2. The number of pyridine rings is 1. The van der Waals surface area contributed by atoms with E-state index in [1.54, 1.807) is 18.4 Å². The SMILES string of the molecule is COc1ccc(-c2nc3c(s2)CN(C(=O)CN2CC4CC2CN4c2ccc(C(F)(F)F)cn2)CC3)cc1. The molecule has 0 radical (unpaired) electrons. The Hall–Kier alpha value is -3.18. The average molecular weight is 530 g/mol. The maximum atomic E-state index is 13.2. The van der Waals surface area contributed by atoms with Crippen LogP contribution in [-0.4, -0.2) is 71.0 Å². The molecule has 194 valence electrons. The van der Waals surface area contributed by atoms with E-state index in [1.807, 2.05) is 29.2 Å². The van der Waals surface area contributed by atoms with E-state index in [4.69, 9.17) is 9.72 Å². The van der Waals surface area contributed by atoms with Crippen molar-refractivity contribution in [2.24, 2.45) is 0 Å². The number of carbonyl (C=O) groups is 1. The van der Waals surface area contributed by atoms with Crippen LogP contribution in [0.15, 0.2) is 42.6 Å². The Bertz CT molecular complexity index is 1300. The summed E-state index contributed by atoms with van der Waals surface area (Å²) < 4.78 is 43.8. The van der Waals surface area contributed by atoms with Gasteiger partial charge >= 0.3 is 6.18 Å². The molecule has 0 saturated carbocycles. The van der Waals surface area contributed by atoms with Gasteiger partial charge in [0.15, 0.2) is 0 Å². The van der Waals surface area contributed by atoms with Gasteiger partial charge < -0.3 is 14.5 Å². The van der Waals surface area contributed by atoms with E-state index in [2.05, 4.69) is 14.8 Å². The van der Waals surface area contributed by atoms with Crippen molar-refractivity contribution in [2.45, 2.75) is 37.6 Å². The summed E-state index contributed by atoms with van der Waals surface area (Å²) in [4.78, 5) is 29.4. The number of amides is 1. The van der Waals surface area contributed by atoms with E-state index in [9.17, 15) is 18.0 Å². The van der Waals surface area contributed by atoms with Crippen LogP contribution in [0.4, 0.5) is 19.0 Å². The van der Waals surface area contributed by atoms with Gasteiger partial charge in [-0.2, -0.15) is 13.2 Å². The third-order valence-electron chi connectivity index (χ3n) is 7.48. The molecule has 3 aliphatic heterocycles. The van der Waals surface area contributed by atoms with Crippen LogP contribution in [-0.2, 0) is 23.9 Å².